The van der Waals surface area contributed by atoms with Gasteiger partial charge < -0.3 is 15.8 Å². The van der Waals surface area contributed by atoms with Gasteiger partial charge in [0.15, 0.2) is 0 Å². The molecule has 0 aliphatic carbocycles. The zero-order chi connectivity index (χ0) is 7.40. The van der Waals surface area contributed by atoms with Crippen molar-refractivity contribution in [1.82, 2.24) is 5.32 Å². The number of rotatable bonds is 2. The van der Waals surface area contributed by atoms with E-state index in [2.05, 4.69) is 5.32 Å². The Bertz CT molecular complexity index is 121. The number of hydrogen-bond acceptors (Lipinski definition) is 2. The highest BCUT2D eigenvalue weighted by atomic mass is 16.5. The predicted molar refractivity (Wildman–Crippen MR) is 36.6 cm³/mol. The summed E-state index contributed by atoms with van der Waals surface area (Å²) in [7, 11) is 0. The summed E-state index contributed by atoms with van der Waals surface area (Å²) in [5.74, 6) is 0. The molecule has 1 fully saturated rings. The van der Waals surface area contributed by atoms with Crippen LogP contribution in [0.2, 0.25) is 0 Å². The SMILES string of the molecule is NC(=O)NC[C@@H]1CCCO1. The summed E-state index contributed by atoms with van der Waals surface area (Å²) in [5.41, 5.74) is 4.86. The molecule has 2 amide bonds. The fourth-order valence-corrected chi connectivity index (χ4v) is 1.02. The molecule has 4 nitrogen and oxygen atoms in total. The van der Waals surface area contributed by atoms with Crippen molar-refractivity contribution in [3.05, 3.63) is 0 Å². The largest absolute Gasteiger partial charge is 0.376 e. The lowest BCUT2D eigenvalue weighted by Crippen LogP contribution is -2.35. The molecule has 0 aromatic rings. The first-order chi connectivity index (χ1) is 4.79. The van der Waals surface area contributed by atoms with Crippen LogP contribution >= 0.6 is 0 Å². The molecule has 10 heavy (non-hydrogen) atoms. The minimum absolute atomic E-state index is 0.187. The van der Waals surface area contributed by atoms with E-state index < -0.39 is 6.03 Å². The van der Waals surface area contributed by atoms with Crippen LogP contribution < -0.4 is 11.1 Å². The molecule has 0 spiro atoms. The number of nitrogens with one attached hydrogen (secondary N) is 1. The smallest absolute Gasteiger partial charge is 0.312 e. The Morgan fingerprint density at radius 2 is 2.60 bits per heavy atom. The molecule has 1 atom stereocenters. The van der Waals surface area contributed by atoms with E-state index in [1.54, 1.807) is 0 Å². The Balaban J connectivity index is 2.07. The van der Waals surface area contributed by atoms with E-state index in [9.17, 15) is 4.79 Å². The summed E-state index contributed by atoms with van der Waals surface area (Å²) in [4.78, 5) is 10.2. The van der Waals surface area contributed by atoms with Crippen molar-refractivity contribution >= 4 is 6.03 Å². The topological polar surface area (TPSA) is 64.4 Å². The van der Waals surface area contributed by atoms with Crippen LogP contribution in [0.5, 0.6) is 0 Å². The van der Waals surface area contributed by atoms with Crippen LogP contribution in [0.1, 0.15) is 12.8 Å². The predicted octanol–water partition coefficient (Wildman–Crippen LogP) is -0.166. The Morgan fingerprint density at radius 1 is 1.80 bits per heavy atom. The van der Waals surface area contributed by atoms with Crippen molar-refractivity contribution in [2.24, 2.45) is 5.73 Å². The maximum absolute atomic E-state index is 10.2. The molecular weight excluding hydrogens is 132 g/mol. The standard InChI is InChI=1S/C6H12N2O2/c7-6(9)8-4-5-2-1-3-10-5/h5H,1-4H2,(H3,7,8,9)/t5-/m0/s1. The molecule has 3 N–H and O–H groups in total. The molecule has 1 aliphatic heterocycles. The van der Waals surface area contributed by atoms with Crippen LogP contribution in [0, 0.1) is 0 Å². The molecule has 0 saturated carbocycles. The monoisotopic (exact) mass is 144 g/mol. The number of urea groups is 1. The van der Waals surface area contributed by atoms with Gasteiger partial charge in [-0.2, -0.15) is 0 Å². The van der Waals surface area contributed by atoms with Crippen molar-refractivity contribution in [1.29, 1.82) is 0 Å². The molecule has 1 aliphatic rings. The average molecular weight is 144 g/mol. The highest BCUT2D eigenvalue weighted by Crippen LogP contribution is 2.10. The molecule has 0 aromatic heterocycles. The molecule has 1 heterocycles. The van der Waals surface area contributed by atoms with Crippen LogP contribution in [0.25, 0.3) is 0 Å². The first-order valence-corrected chi connectivity index (χ1v) is 3.44. The zero-order valence-electron chi connectivity index (χ0n) is 5.80. The van der Waals surface area contributed by atoms with Crippen LogP contribution in [-0.4, -0.2) is 25.3 Å². The summed E-state index contributed by atoms with van der Waals surface area (Å²) >= 11 is 0. The number of carbonyl (C=O) groups is 1. The van der Waals surface area contributed by atoms with Crippen molar-refractivity contribution in [2.75, 3.05) is 13.2 Å². The maximum Gasteiger partial charge on any atom is 0.312 e. The van der Waals surface area contributed by atoms with Gasteiger partial charge in [-0.25, -0.2) is 4.79 Å². The van der Waals surface area contributed by atoms with Gasteiger partial charge >= 0.3 is 6.03 Å². The fourth-order valence-electron chi connectivity index (χ4n) is 1.02. The lowest BCUT2D eigenvalue weighted by Gasteiger charge is -2.07. The highest BCUT2D eigenvalue weighted by Gasteiger charge is 2.14. The molecule has 0 bridgehead atoms. The number of hydrogen-bond donors (Lipinski definition) is 2. The van der Waals surface area contributed by atoms with Crippen LogP contribution in [-0.2, 0) is 4.74 Å². The number of carbonyl (C=O) groups excluding carboxylic acids is 1. The minimum Gasteiger partial charge on any atom is -0.376 e. The Kier molecular flexibility index (Phi) is 2.50. The van der Waals surface area contributed by atoms with Gasteiger partial charge in [0, 0.05) is 13.2 Å². The van der Waals surface area contributed by atoms with E-state index >= 15 is 0 Å². The Labute approximate surface area is 59.7 Å². The summed E-state index contributed by atoms with van der Waals surface area (Å²) in [5, 5.41) is 2.50. The first kappa shape index (κ1) is 7.34. The van der Waals surface area contributed by atoms with Gasteiger partial charge in [0.25, 0.3) is 0 Å². The normalized spacial score (nSPS) is 24.6. The van der Waals surface area contributed by atoms with Gasteiger partial charge in [-0.15, -0.1) is 0 Å². The highest BCUT2D eigenvalue weighted by molar-refractivity contribution is 5.71. The summed E-state index contributed by atoms with van der Waals surface area (Å²) in [6.45, 7) is 1.36. The minimum atomic E-state index is -0.476. The fraction of sp³-hybridized carbons (Fsp3) is 0.833. The zero-order valence-corrected chi connectivity index (χ0v) is 5.80. The third kappa shape index (κ3) is 2.23. The average Bonchev–Trinajstić information content (AvgIpc) is 2.34. The summed E-state index contributed by atoms with van der Waals surface area (Å²) in [6, 6.07) is -0.476. The molecule has 0 aromatic carbocycles. The van der Waals surface area contributed by atoms with E-state index in [1.165, 1.54) is 0 Å². The third-order valence-electron chi connectivity index (χ3n) is 1.53. The van der Waals surface area contributed by atoms with Crippen molar-refractivity contribution in [3.8, 4) is 0 Å². The second kappa shape index (κ2) is 3.41. The number of amides is 2. The van der Waals surface area contributed by atoms with E-state index in [4.69, 9.17) is 10.5 Å². The molecule has 4 heteroatoms. The number of ether oxygens (including phenoxy) is 1. The Hall–Kier alpha value is -0.770. The second-order valence-electron chi connectivity index (χ2n) is 2.38. The van der Waals surface area contributed by atoms with E-state index in [0.29, 0.717) is 6.54 Å². The van der Waals surface area contributed by atoms with E-state index in [1.807, 2.05) is 0 Å². The quantitative estimate of drug-likeness (QED) is 0.565. The summed E-state index contributed by atoms with van der Waals surface area (Å²) < 4.78 is 5.23. The molecule has 1 rings (SSSR count). The molecule has 0 unspecified atom stereocenters. The second-order valence-corrected chi connectivity index (χ2v) is 2.38. The van der Waals surface area contributed by atoms with Crippen LogP contribution in [0.3, 0.4) is 0 Å². The van der Waals surface area contributed by atoms with Gasteiger partial charge in [0.2, 0.25) is 0 Å². The lowest BCUT2D eigenvalue weighted by molar-refractivity contribution is 0.112. The summed E-state index contributed by atoms with van der Waals surface area (Å²) in [6.07, 6.45) is 2.30. The number of nitrogens with two attached hydrogens (primary N) is 1. The maximum atomic E-state index is 10.2. The van der Waals surface area contributed by atoms with Crippen molar-refractivity contribution in [2.45, 2.75) is 18.9 Å². The third-order valence-corrected chi connectivity index (χ3v) is 1.53. The van der Waals surface area contributed by atoms with Gasteiger partial charge in [0.1, 0.15) is 0 Å². The van der Waals surface area contributed by atoms with Crippen LogP contribution in [0.4, 0.5) is 4.79 Å². The molecule has 1 saturated heterocycles. The van der Waals surface area contributed by atoms with Gasteiger partial charge in [-0.3, -0.25) is 0 Å². The van der Waals surface area contributed by atoms with Gasteiger partial charge in [-0.1, -0.05) is 0 Å². The molecule has 58 valence electrons. The van der Waals surface area contributed by atoms with E-state index in [0.717, 1.165) is 19.4 Å². The van der Waals surface area contributed by atoms with Gasteiger partial charge in [-0.05, 0) is 12.8 Å². The van der Waals surface area contributed by atoms with Crippen molar-refractivity contribution in [3.63, 3.8) is 0 Å². The lowest BCUT2D eigenvalue weighted by atomic mass is 10.2. The molecular formula is C6H12N2O2. The number of primary amides is 1. The van der Waals surface area contributed by atoms with Crippen molar-refractivity contribution < 1.29 is 9.53 Å². The Morgan fingerprint density at radius 3 is 3.10 bits per heavy atom. The van der Waals surface area contributed by atoms with Gasteiger partial charge in [0.05, 0.1) is 6.10 Å². The first-order valence-electron chi connectivity index (χ1n) is 3.44. The molecule has 0 radical (unpaired) electrons. The van der Waals surface area contributed by atoms with Crippen LogP contribution in [0.15, 0.2) is 0 Å². The van der Waals surface area contributed by atoms with E-state index in [-0.39, 0.29) is 6.10 Å².